The number of nitro groups is 1. The molecular formula is C12H18Cl2F3N3O2S. The van der Waals surface area contributed by atoms with E-state index in [1.54, 1.807) is 5.38 Å². The van der Waals surface area contributed by atoms with Crippen molar-refractivity contribution >= 4 is 41.2 Å². The van der Waals surface area contributed by atoms with Crippen LogP contribution in [0.15, 0.2) is 11.4 Å². The summed E-state index contributed by atoms with van der Waals surface area (Å²) in [5.74, 6) is 0. The Hall–Kier alpha value is -0.610. The molecule has 2 heterocycles. The number of thiophene rings is 1. The third kappa shape index (κ3) is 6.80. The van der Waals surface area contributed by atoms with E-state index < -0.39 is 23.6 Å². The number of piperazine rings is 1. The Morgan fingerprint density at radius 3 is 2.43 bits per heavy atom. The van der Waals surface area contributed by atoms with Gasteiger partial charge in [0.15, 0.2) is 0 Å². The van der Waals surface area contributed by atoms with Gasteiger partial charge < -0.3 is 5.32 Å². The molecule has 134 valence electrons. The molecule has 1 aromatic rings. The lowest BCUT2D eigenvalue weighted by Crippen LogP contribution is -2.45. The molecular weight excluding hydrogens is 378 g/mol. The summed E-state index contributed by atoms with van der Waals surface area (Å²) in [6.07, 6.45) is -5.17. The molecule has 1 fully saturated rings. The highest BCUT2D eigenvalue weighted by molar-refractivity contribution is 7.13. The predicted octanol–water partition coefficient (Wildman–Crippen LogP) is 3.79. The van der Waals surface area contributed by atoms with Crippen LogP contribution in [0.1, 0.15) is 24.4 Å². The van der Waals surface area contributed by atoms with Gasteiger partial charge in [0.25, 0.3) is 0 Å². The summed E-state index contributed by atoms with van der Waals surface area (Å²) in [7, 11) is 0. The maximum atomic E-state index is 12.5. The lowest BCUT2D eigenvalue weighted by atomic mass is 10.0. The van der Waals surface area contributed by atoms with Gasteiger partial charge in [0.1, 0.15) is 0 Å². The second-order valence-corrected chi connectivity index (χ2v) is 5.82. The summed E-state index contributed by atoms with van der Waals surface area (Å²) in [5, 5.41) is 15.5. The first-order chi connectivity index (χ1) is 9.87. The number of nitrogens with one attached hydrogen (secondary N) is 1. The molecule has 1 aliphatic rings. The first kappa shape index (κ1) is 22.4. The van der Waals surface area contributed by atoms with Crippen LogP contribution < -0.4 is 5.32 Å². The normalized spacial score (nSPS) is 17.0. The van der Waals surface area contributed by atoms with E-state index in [4.69, 9.17) is 0 Å². The minimum absolute atomic E-state index is 0. The SMILES string of the molecule is Cl.Cl.O=[N+]([O-])c1cc([C@H](CCC(F)(F)F)N2CCNCC2)cs1. The van der Waals surface area contributed by atoms with Crippen molar-refractivity contribution in [2.24, 2.45) is 0 Å². The third-order valence-corrected chi connectivity index (χ3v) is 4.36. The molecule has 1 saturated heterocycles. The van der Waals surface area contributed by atoms with E-state index >= 15 is 0 Å². The zero-order valence-electron chi connectivity index (χ0n) is 12.0. The minimum atomic E-state index is -4.21. The van der Waals surface area contributed by atoms with E-state index in [9.17, 15) is 23.3 Å². The van der Waals surface area contributed by atoms with Crippen LogP contribution in [-0.4, -0.2) is 42.2 Å². The highest BCUT2D eigenvalue weighted by Crippen LogP contribution is 2.35. The molecule has 11 heteroatoms. The Kier molecular flexibility index (Phi) is 9.37. The van der Waals surface area contributed by atoms with E-state index in [0.717, 1.165) is 24.4 Å². The van der Waals surface area contributed by atoms with Crippen molar-refractivity contribution in [1.82, 2.24) is 10.2 Å². The van der Waals surface area contributed by atoms with Gasteiger partial charge in [0, 0.05) is 50.1 Å². The summed E-state index contributed by atoms with van der Waals surface area (Å²) < 4.78 is 37.5. The summed E-state index contributed by atoms with van der Waals surface area (Å²) in [6.45, 7) is 2.72. The number of halogens is 5. The lowest BCUT2D eigenvalue weighted by Gasteiger charge is -2.34. The van der Waals surface area contributed by atoms with Gasteiger partial charge in [-0.05, 0) is 12.0 Å². The van der Waals surface area contributed by atoms with Crippen molar-refractivity contribution in [3.05, 3.63) is 27.1 Å². The molecule has 5 nitrogen and oxygen atoms in total. The Morgan fingerprint density at radius 1 is 1.35 bits per heavy atom. The Labute approximate surface area is 148 Å². The second-order valence-electron chi connectivity index (χ2n) is 4.93. The molecule has 2 rings (SSSR count). The van der Waals surface area contributed by atoms with Crippen LogP contribution in [0.4, 0.5) is 18.2 Å². The highest BCUT2D eigenvalue weighted by Gasteiger charge is 2.32. The van der Waals surface area contributed by atoms with Crippen LogP contribution in [0.5, 0.6) is 0 Å². The monoisotopic (exact) mass is 395 g/mol. The zero-order valence-corrected chi connectivity index (χ0v) is 14.5. The average Bonchev–Trinajstić information content (AvgIpc) is 2.89. The maximum Gasteiger partial charge on any atom is 0.389 e. The summed E-state index contributed by atoms with van der Waals surface area (Å²) in [6, 6.07) is 0.979. The third-order valence-electron chi connectivity index (χ3n) is 3.46. The van der Waals surface area contributed by atoms with Crippen molar-refractivity contribution in [2.45, 2.75) is 25.1 Å². The summed E-state index contributed by atoms with van der Waals surface area (Å²) >= 11 is 0.961. The number of nitrogens with zero attached hydrogens (tertiary/aromatic N) is 2. The van der Waals surface area contributed by atoms with Gasteiger partial charge in [0.05, 0.1) is 4.92 Å². The molecule has 1 aromatic heterocycles. The van der Waals surface area contributed by atoms with Gasteiger partial charge in [0.2, 0.25) is 0 Å². The molecule has 1 aliphatic heterocycles. The van der Waals surface area contributed by atoms with Gasteiger partial charge in [-0.2, -0.15) is 13.2 Å². The van der Waals surface area contributed by atoms with E-state index in [-0.39, 0.29) is 36.2 Å². The number of hydrogen-bond acceptors (Lipinski definition) is 5. The van der Waals surface area contributed by atoms with Gasteiger partial charge in [-0.3, -0.25) is 15.0 Å². The fourth-order valence-corrected chi connectivity index (χ4v) is 3.24. The fourth-order valence-electron chi connectivity index (χ4n) is 2.46. The van der Waals surface area contributed by atoms with Crippen molar-refractivity contribution in [3.63, 3.8) is 0 Å². The average molecular weight is 396 g/mol. The van der Waals surface area contributed by atoms with Crippen LogP contribution in [0.3, 0.4) is 0 Å². The van der Waals surface area contributed by atoms with Crippen LogP contribution >= 0.6 is 36.2 Å². The first-order valence-electron chi connectivity index (χ1n) is 6.61. The zero-order chi connectivity index (χ0) is 15.5. The van der Waals surface area contributed by atoms with E-state index in [0.29, 0.717) is 18.7 Å². The van der Waals surface area contributed by atoms with Crippen molar-refractivity contribution in [1.29, 1.82) is 0 Å². The predicted molar refractivity (Wildman–Crippen MR) is 87.9 cm³/mol. The van der Waals surface area contributed by atoms with Crippen LogP contribution in [0.2, 0.25) is 0 Å². The number of hydrogen-bond donors (Lipinski definition) is 1. The molecule has 0 bridgehead atoms. The molecule has 1 atom stereocenters. The molecule has 0 aliphatic carbocycles. The molecule has 0 unspecified atom stereocenters. The number of alkyl halides is 3. The largest absolute Gasteiger partial charge is 0.389 e. The van der Waals surface area contributed by atoms with Crippen LogP contribution in [-0.2, 0) is 0 Å². The lowest BCUT2D eigenvalue weighted by molar-refractivity contribution is -0.380. The molecule has 0 radical (unpaired) electrons. The Bertz CT molecular complexity index is 496. The van der Waals surface area contributed by atoms with Crippen LogP contribution in [0.25, 0.3) is 0 Å². The topological polar surface area (TPSA) is 58.4 Å². The molecule has 0 amide bonds. The second kappa shape index (κ2) is 9.63. The molecule has 0 spiro atoms. The van der Waals surface area contributed by atoms with Gasteiger partial charge in [-0.15, -0.1) is 24.8 Å². The van der Waals surface area contributed by atoms with Gasteiger partial charge in [-0.1, -0.05) is 11.3 Å². The molecule has 0 aromatic carbocycles. The first-order valence-corrected chi connectivity index (χ1v) is 7.49. The van der Waals surface area contributed by atoms with Gasteiger partial charge in [-0.25, -0.2) is 0 Å². The number of rotatable bonds is 5. The summed E-state index contributed by atoms with van der Waals surface area (Å²) in [5.41, 5.74) is 0.609. The molecule has 1 N–H and O–H groups in total. The van der Waals surface area contributed by atoms with E-state index in [1.165, 1.54) is 6.07 Å². The minimum Gasteiger partial charge on any atom is -0.314 e. The van der Waals surface area contributed by atoms with Crippen molar-refractivity contribution in [2.75, 3.05) is 26.2 Å². The molecule has 0 saturated carbocycles. The molecule has 23 heavy (non-hydrogen) atoms. The fraction of sp³-hybridized carbons (Fsp3) is 0.667. The van der Waals surface area contributed by atoms with Crippen LogP contribution in [0, 0.1) is 10.1 Å². The Balaban J connectivity index is 0.00000242. The van der Waals surface area contributed by atoms with E-state index in [1.807, 2.05) is 4.90 Å². The quantitative estimate of drug-likeness (QED) is 0.608. The van der Waals surface area contributed by atoms with Crippen molar-refractivity contribution < 1.29 is 18.1 Å². The highest BCUT2D eigenvalue weighted by atomic mass is 35.5. The Morgan fingerprint density at radius 2 is 1.96 bits per heavy atom. The van der Waals surface area contributed by atoms with E-state index in [2.05, 4.69) is 5.32 Å². The van der Waals surface area contributed by atoms with Gasteiger partial charge >= 0.3 is 11.2 Å². The smallest absolute Gasteiger partial charge is 0.314 e. The van der Waals surface area contributed by atoms with Crippen molar-refractivity contribution in [3.8, 4) is 0 Å². The standard InChI is InChI=1S/C12H16F3N3O2S.2ClH/c13-12(14,15)2-1-10(17-5-3-16-4-6-17)9-7-11(18(19)20)21-8-9;;/h7-8,10,16H,1-6H2;2*1H/t10-;;/m0../s1. The summed E-state index contributed by atoms with van der Waals surface area (Å²) in [4.78, 5) is 12.2. The maximum absolute atomic E-state index is 12.5.